The first-order valence-electron chi connectivity index (χ1n) is 11.3. The number of rotatable bonds is 7. The number of hydrogen-bond donors (Lipinski definition) is 3. The number of benzene rings is 1. The molecule has 0 saturated carbocycles. The summed E-state index contributed by atoms with van der Waals surface area (Å²) in [7, 11) is 0. The fraction of sp³-hybridized carbons (Fsp3) is 0.200. The van der Waals surface area contributed by atoms with Crippen LogP contribution in [0.5, 0.6) is 0 Å². The topological polar surface area (TPSA) is 129 Å². The van der Waals surface area contributed by atoms with Gasteiger partial charge in [0.15, 0.2) is 0 Å². The van der Waals surface area contributed by atoms with Gasteiger partial charge in [-0.3, -0.25) is 19.9 Å². The molecule has 10 nitrogen and oxygen atoms in total. The van der Waals surface area contributed by atoms with Gasteiger partial charge in [-0.2, -0.15) is 0 Å². The Labute approximate surface area is 210 Å². The van der Waals surface area contributed by atoms with Crippen molar-refractivity contribution in [2.24, 2.45) is 0 Å². The summed E-state index contributed by atoms with van der Waals surface area (Å²) in [5.41, 5.74) is 0.890. The van der Waals surface area contributed by atoms with Crippen LogP contribution in [0, 0.1) is 0 Å². The molecule has 36 heavy (non-hydrogen) atoms. The number of carbonyl (C=O) groups excluding carboxylic acids is 3. The van der Waals surface area contributed by atoms with Crippen molar-refractivity contribution in [3.05, 3.63) is 66.6 Å². The number of nitrogens with one attached hydrogen (secondary N) is 3. The highest BCUT2D eigenvalue weighted by molar-refractivity contribution is 7.22. The van der Waals surface area contributed by atoms with Gasteiger partial charge in [0.1, 0.15) is 11.2 Å². The van der Waals surface area contributed by atoms with Gasteiger partial charge in [0.2, 0.25) is 5.95 Å². The van der Waals surface area contributed by atoms with Gasteiger partial charge >= 0.3 is 6.03 Å². The van der Waals surface area contributed by atoms with Gasteiger partial charge in [0, 0.05) is 35.9 Å². The van der Waals surface area contributed by atoms with Crippen molar-refractivity contribution in [1.29, 1.82) is 0 Å². The van der Waals surface area contributed by atoms with E-state index in [2.05, 4.69) is 30.9 Å². The predicted molar refractivity (Wildman–Crippen MR) is 138 cm³/mol. The molecule has 4 aromatic rings. The summed E-state index contributed by atoms with van der Waals surface area (Å²) in [6, 6.07) is 14.4. The third-order valence-corrected chi connectivity index (χ3v) is 7.03. The number of urea groups is 1. The van der Waals surface area contributed by atoms with Crippen molar-refractivity contribution >= 4 is 50.9 Å². The Hall–Kier alpha value is -4.38. The third kappa shape index (κ3) is 4.60. The van der Waals surface area contributed by atoms with Gasteiger partial charge in [0.25, 0.3) is 11.8 Å². The van der Waals surface area contributed by atoms with Gasteiger partial charge in [0.05, 0.1) is 10.6 Å². The molecule has 1 fully saturated rings. The lowest BCUT2D eigenvalue weighted by atomic mass is 10.0. The molecule has 4 heterocycles. The molecule has 1 aromatic carbocycles. The minimum absolute atomic E-state index is 0.268. The van der Waals surface area contributed by atoms with Crippen LogP contribution in [0.2, 0.25) is 0 Å². The Morgan fingerprint density at radius 1 is 1.08 bits per heavy atom. The van der Waals surface area contributed by atoms with Crippen molar-refractivity contribution in [3.8, 4) is 10.6 Å². The van der Waals surface area contributed by atoms with E-state index in [1.807, 2.05) is 30.3 Å². The molecule has 0 spiro atoms. The van der Waals surface area contributed by atoms with Crippen LogP contribution in [0.25, 0.3) is 20.7 Å². The molecule has 182 valence electrons. The predicted octanol–water partition coefficient (Wildman–Crippen LogP) is 3.75. The van der Waals surface area contributed by atoms with Crippen LogP contribution < -0.4 is 16.0 Å². The molecular formula is C25H23N7O3S. The normalized spacial score (nSPS) is 14.7. The molecule has 1 aliphatic heterocycles. The zero-order valence-corrected chi connectivity index (χ0v) is 20.4. The quantitative estimate of drug-likeness (QED) is 0.329. The molecule has 4 amide bonds. The number of anilines is 2. The summed E-state index contributed by atoms with van der Waals surface area (Å²) in [4.78, 5) is 51.8. The van der Waals surface area contributed by atoms with Gasteiger partial charge in [-0.05, 0) is 61.7 Å². The average molecular weight is 502 g/mol. The summed E-state index contributed by atoms with van der Waals surface area (Å²) < 4.78 is 1.06. The highest BCUT2D eigenvalue weighted by Gasteiger charge is 2.45. The van der Waals surface area contributed by atoms with E-state index in [0.717, 1.165) is 20.7 Å². The van der Waals surface area contributed by atoms with E-state index in [1.54, 1.807) is 55.8 Å². The molecule has 0 bridgehead atoms. The molecule has 1 aliphatic rings. The minimum atomic E-state index is -0.894. The van der Waals surface area contributed by atoms with Crippen molar-refractivity contribution in [2.45, 2.75) is 19.4 Å². The minimum Gasteiger partial charge on any atom is -0.352 e. The summed E-state index contributed by atoms with van der Waals surface area (Å²) >= 11 is 1.59. The average Bonchev–Trinajstić information content (AvgIpc) is 3.38. The summed E-state index contributed by atoms with van der Waals surface area (Å²) in [6.45, 7) is 4.13. The number of aromatic nitrogens is 3. The van der Waals surface area contributed by atoms with Crippen LogP contribution in [0.4, 0.5) is 16.4 Å². The van der Waals surface area contributed by atoms with E-state index in [1.165, 1.54) is 4.90 Å². The Balaban J connectivity index is 1.27. The second kappa shape index (κ2) is 9.34. The van der Waals surface area contributed by atoms with Gasteiger partial charge < -0.3 is 15.5 Å². The van der Waals surface area contributed by atoms with Crippen LogP contribution in [0.1, 0.15) is 24.3 Å². The van der Waals surface area contributed by atoms with Crippen molar-refractivity contribution in [2.75, 3.05) is 23.7 Å². The first-order chi connectivity index (χ1) is 17.3. The number of nitrogens with zero attached hydrogens (tertiary/aromatic N) is 4. The second-order valence-corrected chi connectivity index (χ2v) is 9.78. The monoisotopic (exact) mass is 501 g/mol. The fourth-order valence-corrected chi connectivity index (χ4v) is 4.89. The number of amides is 4. The molecule has 3 aromatic heterocycles. The smallest absolute Gasteiger partial charge is 0.325 e. The Morgan fingerprint density at radius 2 is 1.94 bits per heavy atom. The van der Waals surface area contributed by atoms with Crippen LogP contribution in [0.15, 0.2) is 60.9 Å². The van der Waals surface area contributed by atoms with E-state index in [9.17, 15) is 14.4 Å². The van der Waals surface area contributed by atoms with Crippen LogP contribution in [-0.4, -0.2) is 56.3 Å². The second-order valence-electron chi connectivity index (χ2n) is 8.69. The third-order valence-electron chi connectivity index (χ3n) is 5.89. The molecule has 0 radical (unpaired) electrons. The van der Waals surface area contributed by atoms with Crippen molar-refractivity contribution < 1.29 is 14.4 Å². The maximum atomic E-state index is 12.4. The van der Waals surface area contributed by atoms with E-state index < -0.39 is 11.6 Å². The molecule has 0 atom stereocenters. The molecule has 1 saturated heterocycles. The number of pyridine rings is 1. The van der Waals surface area contributed by atoms with Gasteiger partial charge in [-0.1, -0.05) is 6.07 Å². The Morgan fingerprint density at radius 3 is 2.69 bits per heavy atom. The number of fused-ring (bicyclic) bond motifs is 1. The summed E-state index contributed by atoms with van der Waals surface area (Å²) in [5, 5.41) is 9.33. The van der Waals surface area contributed by atoms with Crippen LogP contribution in [-0.2, 0) is 4.79 Å². The number of imide groups is 1. The Kier molecular flexibility index (Phi) is 6.06. The largest absolute Gasteiger partial charge is 0.352 e. The van der Waals surface area contributed by atoms with Crippen LogP contribution >= 0.6 is 11.3 Å². The lowest BCUT2D eigenvalue weighted by Gasteiger charge is -2.27. The van der Waals surface area contributed by atoms with Gasteiger partial charge in [-0.25, -0.2) is 14.8 Å². The van der Waals surface area contributed by atoms with E-state index in [4.69, 9.17) is 0 Å². The Bertz CT molecular complexity index is 1470. The summed E-state index contributed by atoms with van der Waals surface area (Å²) in [6.07, 6.45) is 3.25. The SMILES string of the molecule is CC1(C)C(=O)NC(=O)N1CCNc1nccc(-c2cc3cc(NC(=O)c4ccccn4)ccc3s2)n1. The number of thiophene rings is 1. The zero-order chi connectivity index (χ0) is 25.3. The highest BCUT2D eigenvalue weighted by Crippen LogP contribution is 2.34. The first-order valence-corrected chi connectivity index (χ1v) is 12.1. The standard InChI is InChI=1S/C25H23N7O3S/c1-25(2)22(34)31-24(35)32(25)12-11-28-23-27-10-8-17(30-23)20-14-15-13-16(6-7-19(15)36-20)29-21(33)18-5-3-4-9-26-18/h3-10,13-14H,11-12H2,1-2H3,(H,29,33)(H,27,28,30)(H,31,34,35). The van der Waals surface area contributed by atoms with E-state index in [0.29, 0.717) is 30.4 Å². The lowest BCUT2D eigenvalue weighted by molar-refractivity contribution is -0.125. The van der Waals surface area contributed by atoms with E-state index >= 15 is 0 Å². The maximum Gasteiger partial charge on any atom is 0.325 e. The molecule has 0 unspecified atom stereocenters. The number of carbonyl (C=O) groups is 3. The summed E-state index contributed by atoms with van der Waals surface area (Å²) in [5.74, 6) is -0.150. The number of hydrogen-bond acceptors (Lipinski definition) is 8. The molecule has 3 N–H and O–H groups in total. The molecule has 11 heteroatoms. The highest BCUT2D eigenvalue weighted by atomic mass is 32.1. The molecule has 5 rings (SSSR count). The van der Waals surface area contributed by atoms with E-state index in [-0.39, 0.29) is 11.8 Å². The zero-order valence-electron chi connectivity index (χ0n) is 19.6. The van der Waals surface area contributed by atoms with Crippen molar-refractivity contribution in [3.63, 3.8) is 0 Å². The van der Waals surface area contributed by atoms with Crippen LogP contribution in [0.3, 0.4) is 0 Å². The molecule has 0 aliphatic carbocycles. The van der Waals surface area contributed by atoms with Gasteiger partial charge in [-0.15, -0.1) is 11.3 Å². The first kappa shape index (κ1) is 23.4. The molecular weight excluding hydrogens is 478 g/mol. The lowest BCUT2D eigenvalue weighted by Crippen LogP contribution is -2.46. The maximum absolute atomic E-state index is 12.4. The van der Waals surface area contributed by atoms with Crippen molar-refractivity contribution in [1.82, 2.24) is 25.2 Å². The fourth-order valence-electron chi connectivity index (χ4n) is 3.88.